The number of carbonyl (C=O) groups is 1. The summed E-state index contributed by atoms with van der Waals surface area (Å²) in [5.74, 6) is 0.294. The lowest BCUT2D eigenvalue weighted by molar-refractivity contribution is -0.886. The average molecular weight is 378 g/mol. The van der Waals surface area contributed by atoms with E-state index < -0.39 is 4.92 Å². The largest absolute Gasteiger partial charge is 0.337 e. The number of nitrogens with one attached hydrogen (secondary N) is 1. The first-order valence-electron chi connectivity index (χ1n) is 9.61. The molecule has 6 heteroatoms. The number of aryl methyl sites for hydroxylation is 1. The van der Waals surface area contributed by atoms with Gasteiger partial charge in [-0.25, -0.2) is 0 Å². The number of likely N-dealkylation sites (N-methyl/N-ethyl adjacent to an activating group) is 1. The van der Waals surface area contributed by atoms with Gasteiger partial charge in [0.25, 0.3) is 11.6 Å². The van der Waals surface area contributed by atoms with Crippen LogP contribution < -0.4 is 9.80 Å². The third kappa shape index (κ3) is 3.31. The van der Waals surface area contributed by atoms with Gasteiger partial charge in [-0.2, -0.15) is 0 Å². The van der Waals surface area contributed by atoms with Crippen molar-refractivity contribution in [2.45, 2.75) is 25.3 Å². The smallest absolute Gasteiger partial charge is 0.270 e. The van der Waals surface area contributed by atoms with Crippen LogP contribution in [0.25, 0.3) is 6.08 Å². The first-order chi connectivity index (χ1) is 13.4. The van der Waals surface area contributed by atoms with Gasteiger partial charge in [-0.3, -0.25) is 14.9 Å². The van der Waals surface area contributed by atoms with Crippen LogP contribution in [0.2, 0.25) is 0 Å². The highest BCUT2D eigenvalue weighted by molar-refractivity contribution is 6.06. The average Bonchev–Trinajstić information content (AvgIpc) is 2.99. The van der Waals surface area contributed by atoms with E-state index >= 15 is 0 Å². The van der Waals surface area contributed by atoms with Gasteiger partial charge >= 0.3 is 0 Å². The van der Waals surface area contributed by atoms with Crippen LogP contribution in [0.1, 0.15) is 29.0 Å². The van der Waals surface area contributed by atoms with Crippen molar-refractivity contribution in [3.63, 3.8) is 0 Å². The number of benzene rings is 2. The van der Waals surface area contributed by atoms with Gasteiger partial charge in [0.2, 0.25) is 0 Å². The van der Waals surface area contributed by atoms with E-state index in [0.29, 0.717) is 11.5 Å². The lowest BCUT2D eigenvalue weighted by atomic mass is 9.89. The molecule has 2 aromatic carbocycles. The molecule has 0 radical (unpaired) electrons. The normalized spacial score (nSPS) is 23.5. The van der Waals surface area contributed by atoms with Gasteiger partial charge in [-0.15, -0.1) is 0 Å². The van der Waals surface area contributed by atoms with E-state index in [1.807, 2.05) is 4.90 Å². The zero-order valence-corrected chi connectivity index (χ0v) is 16.1. The number of hydrogen-bond donors (Lipinski definition) is 1. The second-order valence-electron chi connectivity index (χ2n) is 7.83. The number of rotatable bonds is 3. The van der Waals surface area contributed by atoms with Crippen molar-refractivity contribution in [3.8, 4) is 0 Å². The summed E-state index contributed by atoms with van der Waals surface area (Å²) in [4.78, 5) is 27.1. The van der Waals surface area contributed by atoms with Crippen LogP contribution in [0.5, 0.6) is 0 Å². The molecule has 0 saturated carbocycles. The molecule has 3 atom stereocenters. The minimum Gasteiger partial charge on any atom is -0.337 e. The standard InChI is InChI=1S/C22H23N3O3/c1-15-6-8-20-18(12-15)19-14-23(2)11-10-21(19)24(20)22(26)9-7-16-4-3-5-17(13-16)25(27)28/h3-9,12-13,19,21H,10-11,14H2,1-2H3/p+1/b9-7+/t19-,21-/m0/s1. The number of hydrogen-bond acceptors (Lipinski definition) is 3. The second kappa shape index (κ2) is 7.20. The second-order valence-corrected chi connectivity index (χ2v) is 7.83. The Morgan fingerprint density at radius 1 is 1.29 bits per heavy atom. The van der Waals surface area contributed by atoms with Gasteiger partial charge in [-0.1, -0.05) is 29.8 Å². The number of piperidine rings is 1. The van der Waals surface area contributed by atoms with Crippen molar-refractivity contribution in [2.75, 3.05) is 25.0 Å². The van der Waals surface area contributed by atoms with Crippen LogP contribution in [-0.4, -0.2) is 37.0 Å². The maximum atomic E-state index is 13.1. The molecule has 1 fully saturated rings. The van der Waals surface area contributed by atoms with Gasteiger partial charge in [0.1, 0.15) is 0 Å². The highest BCUT2D eigenvalue weighted by Gasteiger charge is 2.45. The van der Waals surface area contributed by atoms with Crippen LogP contribution in [0, 0.1) is 17.0 Å². The lowest BCUT2D eigenvalue weighted by Crippen LogP contribution is -3.11. The Kier molecular flexibility index (Phi) is 4.73. The molecule has 0 spiro atoms. The summed E-state index contributed by atoms with van der Waals surface area (Å²) in [7, 11) is 2.21. The summed E-state index contributed by atoms with van der Waals surface area (Å²) in [6.45, 7) is 4.16. The summed E-state index contributed by atoms with van der Waals surface area (Å²) in [6, 6.07) is 12.8. The van der Waals surface area contributed by atoms with Gasteiger partial charge < -0.3 is 9.80 Å². The predicted octanol–water partition coefficient (Wildman–Crippen LogP) is 2.33. The fraction of sp³-hybridized carbons (Fsp3) is 0.318. The summed E-state index contributed by atoms with van der Waals surface area (Å²) < 4.78 is 0. The van der Waals surface area contributed by atoms with Crippen LogP contribution in [0.4, 0.5) is 11.4 Å². The summed E-state index contributed by atoms with van der Waals surface area (Å²) in [5.41, 5.74) is 4.15. The SMILES string of the molecule is Cc1ccc2c(c1)[C@@H]1C[NH+](C)CC[C@@H]1N2C(=O)/C=C/c1cccc([N+](=O)[O-])c1. The molecule has 28 heavy (non-hydrogen) atoms. The molecule has 6 nitrogen and oxygen atoms in total. The lowest BCUT2D eigenvalue weighted by Gasteiger charge is -2.34. The maximum absolute atomic E-state index is 13.1. The Balaban J connectivity index is 1.64. The molecule has 0 aliphatic carbocycles. The minimum absolute atomic E-state index is 0.0231. The Morgan fingerprint density at radius 3 is 2.89 bits per heavy atom. The van der Waals surface area contributed by atoms with Crippen molar-refractivity contribution < 1.29 is 14.6 Å². The Hall–Kier alpha value is -2.99. The molecule has 4 rings (SSSR count). The molecule has 1 amide bonds. The van der Waals surface area contributed by atoms with Gasteiger partial charge in [0.05, 0.1) is 37.0 Å². The quantitative estimate of drug-likeness (QED) is 0.506. The van der Waals surface area contributed by atoms with E-state index in [4.69, 9.17) is 0 Å². The Bertz CT molecular complexity index is 969. The number of quaternary nitrogens is 1. The monoisotopic (exact) mass is 378 g/mol. The molecular weight excluding hydrogens is 354 g/mol. The highest BCUT2D eigenvalue weighted by Crippen LogP contribution is 2.43. The third-order valence-corrected chi connectivity index (χ3v) is 5.81. The van der Waals surface area contributed by atoms with Crippen LogP contribution >= 0.6 is 0 Å². The van der Waals surface area contributed by atoms with Gasteiger partial charge in [0.15, 0.2) is 0 Å². The number of carbonyl (C=O) groups excluding carboxylic acids is 1. The first-order valence-corrected chi connectivity index (χ1v) is 9.61. The summed E-state index contributed by atoms with van der Waals surface area (Å²) in [5, 5.41) is 11.0. The maximum Gasteiger partial charge on any atom is 0.270 e. The van der Waals surface area contributed by atoms with E-state index in [0.717, 1.165) is 25.2 Å². The fourth-order valence-electron chi connectivity index (χ4n) is 4.48. The highest BCUT2D eigenvalue weighted by atomic mass is 16.6. The number of non-ortho nitro benzene ring substituents is 1. The molecule has 2 aliphatic rings. The van der Waals surface area contributed by atoms with E-state index in [1.54, 1.807) is 18.2 Å². The zero-order chi connectivity index (χ0) is 19.8. The summed E-state index contributed by atoms with van der Waals surface area (Å²) in [6.07, 6.45) is 4.17. The van der Waals surface area contributed by atoms with Crippen molar-refractivity contribution in [2.24, 2.45) is 0 Å². The van der Waals surface area contributed by atoms with Crippen molar-refractivity contribution in [1.29, 1.82) is 0 Å². The van der Waals surface area contributed by atoms with Crippen LogP contribution in [0.15, 0.2) is 48.5 Å². The van der Waals surface area contributed by atoms with E-state index in [1.165, 1.54) is 34.2 Å². The van der Waals surface area contributed by atoms with E-state index in [9.17, 15) is 14.9 Å². The first kappa shape index (κ1) is 18.4. The van der Waals surface area contributed by atoms with Crippen molar-refractivity contribution in [3.05, 3.63) is 75.3 Å². The van der Waals surface area contributed by atoms with Crippen molar-refractivity contribution >= 4 is 23.4 Å². The van der Waals surface area contributed by atoms with Gasteiger partial charge in [0, 0.05) is 30.3 Å². The Labute approximate surface area is 164 Å². The van der Waals surface area contributed by atoms with Gasteiger partial charge in [-0.05, 0) is 30.2 Å². The number of nitrogens with zero attached hydrogens (tertiary/aromatic N) is 2. The number of nitro benzene ring substituents is 1. The Morgan fingerprint density at radius 2 is 2.11 bits per heavy atom. The number of nitro groups is 1. The molecule has 1 unspecified atom stereocenters. The predicted molar refractivity (Wildman–Crippen MR) is 109 cm³/mol. The van der Waals surface area contributed by atoms with Crippen LogP contribution in [-0.2, 0) is 4.79 Å². The summed E-state index contributed by atoms with van der Waals surface area (Å²) >= 11 is 0. The molecule has 2 aliphatic heterocycles. The van der Waals surface area contributed by atoms with E-state index in [2.05, 4.69) is 32.2 Å². The molecule has 2 aromatic rings. The number of amides is 1. The van der Waals surface area contributed by atoms with E-state index in [-0.39, 0.29) is 17.6 Å². The van der Waals surface area contributed by atoms with Crippen molar-refractivity contribution in [1.82, 2.24) is 0 Å². The molecule has 1 saturated heterocycles. The topological polar surface area (TPSA) is 67.9 Å². The number of likely N-dealkylation sites (tertiary alicyclic amines) is 1. The molecule has 2 heterocycles. The molecule has 0 bridgehead atoms. The zero-order valence-electron chi connectivity index (χ0n) is 16.1. The number of anilines is 1. The third-order valence-electron chi connectivity index (χ3n) is 5.81. The fourth-order valence-corrected chi connectivity index (χ4v) is 4.48. The molecule has 1 N–H and O–H groups in total. The molecular formula is C22H24N3O3+. The van der Waals surface area contributed by atoms with Crippen LogP contribution in [0.3, 0.4) is 0 Å². The molecule has 144 valence electrons. The number of fused-ring (bicyclic) bond motifs is 3. The molecule has 0 aromatic heterocycles. The minimum atomic E-state index is -0.427.